The molecule has 1 fully saturated rings. The van der Waals surface area contributed by atoms with Gasteiger partial charge in [-0.25, -0.2) is 8.42 Å². The van der Waals surface area contributed by atoms with E-state index in [4.69, 9.17) is 4.74 Å². The number of methoxy groups -OCH3 is 1. The van der Waals surface area contributed by atoms with Crippen molar-refractivity contribution in [3.8, 4) is 0 Å². The molecule has 1 aliphatic rings. The van der Waals surface area contributed by atoms with E-state index in [1.807, 2.05) is 6.92 Å². The van der Waals surface area contributed by atoms with Gasteiger partial charge in [0.25, 0.3) is 0 Å². The summed E-state index contributed by atoms with van der Waals surface area (Å²) in [5, 5.41) is 3.38. The third-order valence-corrected chi connectivity index (χ3v) is 5.71. The van der Waals surface area contributed by atoms with Crippen molar-refractivity contribution >= 4 is 9.84 Å². The molecule has 0 aliphatic heterocycles. The van der Waals surface area contributed by atoms with Gasteiger partial charge in [0.2, 0.25) is 0 Å². The van der Waals surface area contributed by atoms with E-state index in [-0.39, 0.29) is 5.41 Å². The van der Waals surface area contributed by atoms with E-state index in [2.05, 4.69) is 5.32 Å². The molecule has 5 heteroatoms. The molecule has 1 rings (SSSR count). The summed E-state index contributed by atoms with van der Waals surface area (Å²) in [6.45, 7) is 4.41. The first-order chi connectivity index (χ1) is 8.54. The third kappa shape index (κ3) is 5.24. The standard InChI is InChI=1S/C13H27NO3S/c1-3-10-18(15,16)11-7-13(5-4-6-13)12-14-8-9-17-2/h14H,3-12H2,1-2H3. The lowest BCUT2D eigenvalue weighted by atomic mass is 9.67. The molecule has 1 saturated carbocycles. The number of rotatable bonds is 10. The molecule has 0 heterocycles. The lowest BCUT2D eigenvalue weighted by Crippen LogP contribution is -2.42. The highest BCUT2D eigenvalue weighted by molar-refractivity contribution is 7.91. The summed E-state index contributed by atoms with van der Waals surface area (Å²) in [6, 6.07) is 0. The van der Waals surface area contributed by atoms with E-state index in [0.717, 1.165) is 38.8 Å². The van der Waals surface area contributed by atoms with Crippen LogP contribution in [-0.4, -0.2) is 46.7 Å². The van der Waals surface area contributed by atoms with Crippen molar-refractivity contribution in [2.24, 2.45) is 5.41 Å². The number of hydrogen-bond acceptors (Lipinski definition) is 4. The largest absolute Gasteiger partial charge is 0.383 e. The van der Waals surface area contributed by atoms with Gasteiger partial charge in [-0.15, -0.1) is 0 Å². The second-order valence-corrected chi connectivity index (χ2v) is 7.73. The van der Waals surface area contributed by atoms with Crippen LogP contribution in [0.5, 0.6) is 0 Å². The fraction of sp³-hybridized carbons (Fsp3) is 1.00. The van der Waals surface area contributed by atoms with Crippen molar-refractivity contribution < 1.29 is 13.2 Å². The van der Waals surface area contributed by atoms with Crippen LogP contribution in [-0.2, 0) is 14.6 Å². The van der Waals surface area contributed by atoms with Crippen LogP contribution in [0, 0.1) is 5.41 Å². The Hall–Kier alpha value is -0.130. The lowest BCUT2D eigenvalue weighted by Gasteiger charge is -2.42. The number of ether oxygens (including phenoxy) is 1. The van der Waals surface area contributed by atoms with Gasteiger partial charge >= 0.3 is 0 Å². The molecule has 0 atom stereocenters. The van der Waals surface area contributed by atoms with Gasteiger partial charge in [0.15, 0.2) is 0 Å². The van der Waals surface area contributed by atoms with Crippen LogP contribution in [0.15, 0.2) is 0 Å². The second kappa shape index (κ2) is 7.46. The van der Waals surface area contributed by atoms with Crippen molar-refractivity contribution in [2.75, 3.05) is 38.3 Å². The third-order valence-electron chi connectivity index (χ3n) is 3.86. The van der Waals surface area contributed by atoms with Gasteiger partial charge in [0.05, 0.1) is 12.4 Å². The highest BCUT2D eigenvalue weighted by Crippen LogP contribution is 2.43. The maximum absolute atomic E-state index is 11.8. The van der Waals surface area contributed by atoms with Crippen molar-refractivity contribution in [1.82, 2.24) is 5.32 Å². The Bertz CT molecular complexity index is 323. The van der Waals surface area contributed by atoms with Crippen LogP contribution in [0.25, 0.3) is 0 Å². The first-order valence-electron chi connectivity index (χ1n) is 6.94. The fourth-order valence-corrected chi connectivity index (χ4v) is 4.07. The number of hydrogen-bond donors (Lipinski definition) is 1. The van der Waals surface area contributed by atoms with Gasteiger partial charge in [-0.1, -0.05) is 13.3 Å². The first-order valence-corrected chi connectivity index (χ1v) is 8.76. The molecule has 1 aliphatic carbocycles. The zero-order valence-electron chi connectivity index (χ0n) is 11.7. The molecule has 0 spiro atoms. The molecule has 0 aromatic rings. The molecule has 0 unspecified atom stereocenters. The van der Waals surface area contributed by atoms with Crippen molar-refractivity contribution in [3.05, 3.63) is 0 Å². The topological polar surface area (TPSA) is 55.4 Å². The summed E-state index contributed by atoms with van der Waals surface area (Å²) >= 11 is 0. The van der Waals surface area contributed by atoms with E-state index in [1.54, 1.807) is 7.11 Å². The molecular formula is C13H27NO3S. The van der Waals surface area contributed by atoms with Crippen LogP contribution >= 0.6 is 0 Å². The number of nitrogens with one attached hydrogen (secondary N) is 1. The van der Waals surface area contributed by atoms with E-state index in [0.29, 0.717) is 18.1 Å². The van der Waals surface area contributed by atoms with Gasteiger partial charge in [0, 0.05) is 26.0 Å². The Kier molecular flexibility index (Phi) is 6.60. The summed E-state index contributed by atoms with van der Waals surface area (Å²) in [7, 11) is -1.14. The van der Waals surface area contributed by atoms with Crippen molar-refractivity contribution in [3.63, 3.8) is 0 Å². The average Bonchev–Trinajstić information content (AvgIpc) is 2.26. The quantitative estimate of drug-likeness (QED) is 0.616. The van der Waals surface area contributed by atoms with E-state index >= 15 is 0 Å². The summed E-state index contributed by atoms with van der Waals surface area (Å²) in [4.78, 5) is 0. The second-order valence-electron chi connectivity index (χ2n) is 5.42. The molecular weight excluding hydrogens is 250 g/mol. The first kappa shape index (κ1) is 15.9. The highest BCUT2D eigenvalue weighted by Gasteiger charge is 2.37. The zero-order valence-corrected chi connectivity index (χ0v) is 12.5. The van der Waals surface area contributed by atoms with Gasteiger partial charge in [-0.3, -0.25) is 0 Å². The lowest BCUT2D eigenvalue weighted by molar-refractivity contribution is 0.118. The predicted octanol–water partition coefficient (Wildman–Crippen LogP) is 1.61. The maximum atomic E-state index is 11.8. The SMILES string of the molecule is CCCS(=O)(=O)CCC1(CNCCOC)CCC1. The summed E-state index contributed by atoms with van der Waals surface area (Å²) in [5.41, 5.74) is 0.231. The maximum Gasteiger partial charge on any atom is 0.150 e. The molecule has 0 saturated heterocycles. The monoisotopic (exact) mass is 277 g/mol. The van der Waals surface area contributed by atoms with Crippen LogP contribution in [0.3, 0.4) is 0 Å². The summed E-state index contributed by atoms with van der Waals surface area (Å²) in [6.07, 6.45) is 5.10. The molecule has 0 bridgehead atoms. The van der Waals surface area contributed by atoms with E-state index < -0.39 is 9.84 Å². The molecule has 0 amide bonds. The minimum absolute atomic E-state index is 0.231. The Balaban J connectivity index is 2.32. The summed E-state index contributed by atoms with van der Waals surface area (Å²) in [5.74, 6) is 0.687. The Morgan fingerprint density at radius 1 is 1.28 bits per heavy atom. The van der Waals surface area contributed by atoms with Crippen LogP contribution in [0.2, 0.25) is 0 Å². The number of sulfone groups is 1. The zero-order chi connectivity index (χ0) is 13.5. The van der Waals surface area contributed by atoms with Crippen LogP contribution in [0.1, 0.15) is 39.0 Å². The summed E-state index contributed by atoms with van der Waals surface area (Å²) < 4.78 is 28.5. The molecule has 0 aromatic heterocycles. The van der Waals surface area contributed by atoms with Gasteiger partial charge in [0.1, 0.15) is 9.84 Å². The molecule has 1 N–H and O–H groups in total. The smallest absolute Gasteiger partial charge is 0.150 e. The Morgan fingerprint density at radius 3 is 2.50 bits per heavy atom. The van der Waals surface area contributed by atoms with Gasteiger partial charge in [-0.2, -0.15) is 0 Å². The van der Waals surface area contributed by atoms with Crippen LogP contribution in [0.4, 0.5) is 0 Å². The predicted molar refractivity (Wildman–Crippen MR) is 74.6 cm³/mol. The van der Waals surface area contributed by atoms with Gasteiger partial charge < -0.3 is 10.1 Å². The Labute approximate surface area is 111 Å². The minimum Gasteiger partial charge on any atom is -0.383 e. The van der Waals surface area contributed by atoms with Crippen molar-refractivity contribution in [1.29, 1.82) is 0 Å². The average molecular weight is 277 g/mol. The minimum atomic E-state index is -2.83. The molecule has 0 aromatic carbocycles. The van der Waals surface area contributed by atoms with Crippen LogP contribution < -0.4 is 5.32 Å². The van der Waals surface area contributed by atoms with E-state index in [9.17, 15) is 8.42 Å². The fourth-order valence-electron chi connectivity index (χ4n) is 2.50. The molecule has 108 valence electrons. The highest BCUT2D eigenvalue weighted by atomic mass is 32.2. The van der Waals surface area contributed by atoms with Gasteiger partial charge in [-0.05, 0) is 31.1 Å². The molecule has 18 heavy (non-hydrogen) atoms. The Morgan fingerprint density at radius 2 is 2.00 bits per heavy atom. The molecule has 4 nitrogen and oxygen atoms in total. The molecule has 0 radical (unpaired) electrons. The normalized spacial score (nSPS) is 18.6. The van der Waals surface area contributed by atoms with E-state index in [1.165, 1.54) is 6.42 Å². The van der Waals surface area contributed by atoms with Crippen molar-refractivity contribution in [2.45, 2.75) is 39.0 Å².